The van der Waals surface area contributed by atoms with Crippen molar-refractivity contribution in [2.45, 2.75) is 64.6 Å². The molecule has 2 saturated heterocycles. The Morgan fingerprint density at radius 1 is 1.15 bits per heavy atom. The number of carbonyl (C=O) groups excluding carboxylic acids is 1. The molecule has 4 nitrogen and oxygen atoms in total. The van der Waals surface area contributed by atoms with E-state index in [1.165, 1.54) is 49.9 Å². The molecule has 3 rings (SSSR count). The lowest BCUT2D eigenvalue weighted by atomic mass is 9.98. The van der Waals surface area contributed by atoms with Crippen molar-refractivity contribution >= 4 is 12.0 Å². The largest absolute Gasteiger partial charge is 0.379 e. The highest BCUT2D eigenvalue weighted by Gasteiger charge is 2.29. The Balaban J connectivity index is 1.54. The van der Waals surface area contributed by atoms with Gasteiger partial charge in [-0.1, -0.05) is 49.8 Å². The first-order valence-corrected chi connectivity index (χ1v) is 10.5. The summed E-state index contributed by atoms with van der Waals surface area (Å²) < 4.78 is 5.32. The van der Waals surface area contributed by atoms with E-state index in [-0.39, 0.29) is 12.0 Å². The predicted octanol–water partition coefficient (Wildman–Crippen LogP) is 4.10. The molecule has 0 saturated carbocycles. The maximum absolute atomic E-state index is 12.0. The van der Waals surface area contributed by atoms with E-state index in [1.807, 2.05) is 4.90 Å². The van der Waals surface area contributed by atoms with Crippen LogP contribution in [0, 0.1) is 0 Å². The maximum atomic E-state index is 12.0. The third kappa shape index (κ3) is 5.20. The van der Waals surface area contributed by atoms with Crippen LogP contribution in [0.25, 0.3) is 6.08 Å². The van der Waals surface area contributed by atoms with Gasteiger partial charge >= 0.3 is 0 Å². The minimum Gasteiger partial charge on any atom is -0.379 e. The zero-order valence-electron chi connectivity index (χ0n) is 17.1. The van der Waals surface area contributed by atoms with Crippen LogP contribution in [0.1, 0.15) is 57.1 Å². The Bertz CT molecular complexity index is 639. The fourth-order valence-corrected chi connectivity index (χ4v) is 4.35. The molecule has 0 radical (unpaired) electrons. The van der Waals surface area contributed by atoms with Crippen molar-refractivity contribution in [1.29, 1.82) is 0 Å². The third-order valence-electron chi connectivity index (χ3n) is 6.14. The van der Waals surface area contributed by atoms with Crippen molar-refractivity contribution in [3.05, 3.63) is 41.0 Å². The number of ether oxygens (including phenoxy) is 1. The SMILES string of the molecule is CCC(CC)N1CCC(=Cc2ccc(CN3C[C@H](OC)CC3=O)cc2)CC1. The molecule has 4 heteroatoms. The molecule has 0 spiro atoms. The molecule has 2 fully saturated rings. The molecular formula is C23H34N2O2. The smallest absolute Gasteiger partial charge is 0.225 e. The number of likely N-dealkylation sites (tertiary alicyclic amines) is 2. The number of nitrogens with zero attached hydrogens (tertiary/aromatic N) is 2. The molecule has 1 atom stereocenters. The normalized spacial score (nSPS) is 21.3. The van der Waals surface area contributed by atoms with Crippen molar-refractivity contribution in [2.24, 2.45) is 0 Å². The van der Waals surface area contributed by atoms with Gasteiger partial charge in [-0.25, -0.2) is 0 Å². The van der Waals surface area contributed by atoms with E-state index < -0.39 is 0 Å². The Morgan fingerprint density at radius 2 is 1.81 bits per heavy atom. The van der Waals surface area contributed by atoms with E-state index in [9.17, 15) is 4.79 Å². The summed E-state index contributed by atoms with van der Waals surface area (Å²) in [5.41, 5.74) is 4.01. The zero-order chi connectivity index (χ0) is 19.2. The van der Waals surface area contributed by atoms with Crippen LogP contribution >= 0.6 is 0 Å². The summed E-state index contributed by atoms with van der Waals surface area (Å²) in [7, 11) is 1.68. The van der Waals surface area contributed by atoms with Gasteiger partial charge in [0.1, 0.15) is 0 Å². The molecule has 0 aromatic heterocycles. The fraction of sp³-hybridized carbons (Fsp3) is 0.609. The van der Waals surface area contributed by atoms with Gasteiger partial charge in [-0.3, -0.25) is 9.69 Å². The van der Waals surface area contributed by atoms with Gasteiger partial charge in [-0.2, -0.15) is 0 Å². The first-order valence-electron chi connectivity index (χ1n) is 10.5. The van der Waals surface area contributed by atoms with Crippen LogP contribution in [0.2, 0.25) is 0 Å². The summed E-state index contributed by atoms with van der Waals surface area (Å²) in [6.45, 7) is 8.36. The van der Waals surface area contributed by atoms with E-state index in [0.29, 0.717) is 19.5 Å². The number of methoxy groups -OCH3 is 1. The lowest BCUT2D eigenvalue weighted by molar-refractivity contribution is -0.128. The van der Waals surface area contributed by atoms with Gasteiger partial charge < -0.3 is 9.64 Å². The quantitative estimate of drug-likeness (QED) is 0.724. The minimum absolute atomic E-state index is 0.0485. The Labute approximate surface area is 164 Å². The summed E-state index contributed by atoms with van der Waals surface area (Å²) in [5, 5.41) is 0. The van der Waals surface area contributed by atoms with Crippen LogP contribution in [0.15, 0.2) is 29.8 Å². The average Bonchev–Trinajstić information content (AvgIpc) is 3.05. The van der Waals surface area contributed by atoms with Crippen molar-refractivity contribution in [1.82, 2.24) is 9.80 Å². The van der Waals surface area contributed by atoms with Crippen molar-refractivity contribution in [3.8, 4) is 0 Å². The Hall–Kier alpha value is -1.65. The second kappa shape index (κ2) is 9.52. The summed E-state index contributed by atoms with van der Waals surface area (Å²) in [6.07, 6.45) is 7.78. The number of piperidine rings is 1. The Kier molecular flexibility index (Phi) is 7.08. The Morgan fingerprint density at radius 3 is 2.37 bits per heavy atom. The highest BCUT2D eigenvalue weighted by Crippen LogP contribution is 2.23. The molecule has 0 unspecified atom stereocenters. The number of hydrogen-bond acceptors (Lipinski definition) is 3. The van der Waals surface area contributed by atoms with Gasteiger partial charge in [-0.05, 0) is 36.8 Å². The van der Waals surface area contributed by atoms with E-state index >= 15 is 0 Å². The van der Waals surface area contributed by atoms with Crippen LogP contribution in [-0.4, -0.2) is 54.6 Å². The molecule has 0 aliphatic carbocycles. The summed E-state index contributed by atoms with van der Waals surface area (Å²) in [4.78, 5) is 16.6. The third-order valence-corrected chi connectivity index (χ3v) is 6.14. The molecule has 148 valence electrons. The van der Waals surface area contributed by atoms with Gasteiger partial charge in [0.2, 0.25) is 5.91 Å². The predicted molar refractivity (Wildman–Crippen MR) is 110 cm³/mol. The van der Waals surface area contributed by atoms with Crippen LogP contribution < -0.4 is 0 Å². The summed E-state index contributed by atoms with van der Waals surface area (Å²) in [5.74, 6) is 0.192. The zero-order valence-corrected chi connectivity index (χ0v) is 17.1. The first kappa shape index (κ1) is 20.1. The standard InChI is InChI=1S/C23H34N2O2/c1-4-21(5-2)24-12-10-19(11-13-24)14-18-6-8-20(9-7-18)16-25-17-22(27-3)15-23(25)26/h6-9,14,21-22H,4-5,10-13,15-17H2,1-3H3/t22-/m1/s1. The highest BCUT2D eigenvalue weighted by molar-refractivity contribution is 5.79. The lowest BCUT2D eigenvalue weighted by Crippen LogP contribution is -2.39. The molecule has 2 aliphatic rings. The van der Waals surface area contributed by atoms with Crippen molar-refractivity contribution < 1.29 is 9.53 Å². The molecule has 1 aromatic rings. The van der Waals surface area contributed by atoms with Gasteiger partial charge in [0, 0.05) is 39.3 Å². The number of carbonyl (C=O) groups is 1. The van der Waals surface area contributed by atoms with E-state index in [2.05, 4.69) is 49.1 Å². The van der Waals surface area contributed by atoms with Crippen LogP contribution in [0.3, 0.4) is 0 Å². The summed E-state index contributed by atoms with van der Waals surface area (Å²) in [6, 6.07) is 9.42. The monoisotopic (exact) mass is 370 g/mol. The summed E-state index contributed by atoms with van der Waals surface area (Å²) >= 11 is 0. The van der Waals surface area contributed by atoms with Gasteiger partial charge in [0.25, 0.3) is 0 Å². The fourth-order valence-electron chi connectivity index (χ4n) is 4.35. The molecular weight excluding hydrogens is 336 g/mol. The van der Waals surface area contributed by atoms with Crippen LogP contribution in [0.4, 0.5) is 0 Å². The maximum Gasteiger partial charge on any atom is 0.225 e. The van der Waals surface area contributed by atoms with Crippen molar-refractivity contribution in [2.75, 3.05) is 26.7 Å². The molecule has 0 bridgehead atoms. The second-order valence-electron chi connectivity index (χ2n) is 7.89. The van der Waals surface area contributed by atoms with E-state index in [0.717, 1.165) is 6.04 Å². The van der Waals surface area contributed by atoms with Gasteiger partial charge in [0.15, 0.2) is 0 Å². The molecule has 0 N–H and O–H groups in total. The number of rotatable bonds is 7. The minimum atomic E-state index is 0.0485. The number of benzene rings is 1. The van der Waals surface area contributed by atoms with E-state index in [4.69, 9.17) is 4.74 Å². The second-order valence-corrected chi connectivity index (χ2v) is 7.89. The first-order chi connectivity index (χ1) is 13.1. The van der Waals surface area contributed by atoms with E-state index in [1.54, 1.807) is 12.7 Å². The molecule has 2 heterocycles. The number of amides is 1. The number of hydrogen-bond donors (Lipinski definition) is 0. The van der Waals surface area contributed by atoms with Gasteiger partial charge in [-0.15, -0.1) is 0 Å². The molecule has 27 heavy (non-hydrogen) atoms. The lowest BCUT2D eigenvalue weighted by Gasteiger charge is -2.34. The molecule has 1 amide bonds. The average molecular weight is 371 g/mol. The van der Waals surface area contributed by atoms with Crippen LogP contribution in [-0.2, 0) is 16.1 Å². The highest BCUT2D eigenvalue weighted by atomic mass is 16.5. The van der Waals surface area contributed by atoms with Crippen molar-refractivity contribution in [3.63, 3.8) is 0 Å². The molecule has 1 aromatic carbocycles. The van der Waals surface area contributed by atoms with Crippen LogP contribution in [0.5, 0.6) is 0 Å². The topological polar surface area (TPSA) is 32.8 Å². The molecule has 2 aliphatic heterocycles. The van der Waals surface area contributed by atoms with Gasteiger partial charge in [0.05, 0.1) is 12.5 Å².